The fourth-order valence-corrected chi connectivity index (χ4v) is 6.63. The average Bonchev–Trinajstić information content (AvgIpc) is 3.40. The summed E-state index contributed by atoms with van der Waals surface area (Å²) in [6.45, 7) is 9.39. The Kier molecular flexibility index (Phi) is 6.45. The van der Waals surface area contributed by atoms with Gasteiger partial charge in [0, 0.05) is 58.1 Å². The highest BCUT2D eigenvalue weighted by Crippen LogP contribution is 2.45. The molecule has 2 atom stereocenters. The first-order chi connectivity index (χ1) is 16.6. The fraction of sp³-hybridized carbons (Fsp3) is 0.481. The van der Waals surface area contributed by atoms with Gasteiger partial charge in [0.25, 0.3) is 0 Å². The normalized spacial score (nSPS) is 20.4. The van der Waals surface area contributed by atoms with Crippen LogP contribution in [0.3, 0.4) is 0 Å². The van der Waals surface area contributed by atoms with Crippen LogP contribution in [-0.2, 0) is 17.8 Å². The third kappa shape index (κ3) is 4.74. The Morgan fingerprint density at radius 3 is 2.83 bits per heavy atom. The van der Waals surface area contributed by atoms with Gasteiger partial charge in [-0.2, -0.15) is 0 Å². The lowest BCUT2D eigenvalue weighted by Gasteiger charge is -2.38. The molecule has 2 aromatic heterocycles. The van der Waals surface area contributed by atoms with E-state index in [0.29, 0.717) is 6.54 Å². The average molecular weight is 514 g/mol. The molecule has 0 saturated carbocycles. The van der Waals surface area contributed by atoms with Crippen LogP contribution in [0.1, 0.15) is 51.0 Å². The van der Waals surface area contributed by atoms with Crippen molar-refractivity contribution in [1.82, 2.24) is 9.88 Å². The van der Waals surface area contributed by atoms with Crippen molar-refractivity contribution in [1.29, 1.82) is 0 Å². The minimum atomic E-state index is -0.516. The number of thiophene rings is 1. The van der Waals surface area contributed by atoms with Crippen LogP contribution in [0.25, 0.3) is 21.3 Å². The molecular weight excluding hydrogens is 482 g/mol. The van der Waals surface area contributed by atoms with Crippen molar-refractivity contribution < 1.29 is 14.6 Å². The largest absolute Gasteiger partial charge is 0.444 e. The summed E-state index contributed by atoms with van der Waals surface area (Å²) in [6, 6.07) is 8.44. The molecule has 0 bridgehead atoms. The molecule has 0 radical (unpaired) electrons. The molecule has 0 unspecified atom stereocenters. The fourth-order valence-electron chi connectivity index (χ4n) is 5.39. The minimum Gasteiger partial charge on any atom is -0.444 e. The number of nitrogens with zero attached hydrogens (tertiary/aromatic N) is 3. The molecule has 6 nitrogen and oxygen atoms in total. The van der Waals surface area contributed by atoms with Crippen LogP contribution >= 0.6 is 22.9 Å². The Hall–Kier alpha value is -2.35. The predicted molar refractivity (Wildman–Crippen MR) is 142 cm³/mol. The molecule has 186 valence electrons. The molecule has 1 saturated heterocycles. The molecule has 2 aliphatic heterocycles. The summed E-state index contributed by atoms with van der Waals surface area (Å²) in [5.74, 6) is 0. The van der Waals surface area contributed by atoms with Crippen LogP contribution < -0.4 is 4.90 Å². The highest BCUT2D eigenvalue weighted by molar-refractivity contribution is 7.19. The third-order valence-electron chi connectivity index (χ3n) is 6.82. The second-order valence-corrected chi connectivity index (χ2v) is 12.1. The minimum absolute atomic E-state index is 0.000702. The van der Waals surface area contributed by atoms with E-state index < -0.39 is 5.60 Å². The zero-order valence-corrected chi connectivity index (χ0v) is 22.2. The molecule has 1 amide bonds. The number of likely N-dealkylation sites (tertiary alicyclic amines) is 1. The van der Waals surface area contributed by atoms with Crippen molar-refractivity contribution in [3.63, 3.8) is 0 Å². The Morgan fingerprint density at radius 2 is 2.09 bits per heavy atom. The number of fused-ring (bicyclic) bond motifs is 2. The third-order valence-corrected chi connectivity index (χ3v) is 8.18. The van der Waals surface area contributed by atoms with E-state index in [1.54, 1.807) is 11.3 Å². The molecule has 0 aliphatic carbocycles. The smallest absolute Gasteiger partial charge is 0.410 e. The second kappa shape index (κ2) is 9.26. The number of halogens is 1. The zero-order valence-electron chi connectivity index (χ0n) is 20.7. The van der Waals surface area contributed by atoms with Crippen molar-refractivity contribution >= 4 is 44.9 Å². The number of anilines is 1. The standard InChI is InChI=1S/C27H32ClN3O3S/c1-16-10-19(14-31(16)26(33)34-27(2,3)4)30-9-5-6-17-11-18(28)12-22(24(17)30)21-7-8-29-23-13-20(15-32)35-25(21)23/h7-8,11-13,16,19,32H,5-6,9-10,14-15H2,1-4H3/t16-,19+/m0/s1. The molecule has 4 heterocycles. The van der Waals surface area contributed by atoms with Crippen molar-refractivity contribution in [2.24, 2.45) is 0 Å². The number of pyridine rings is 1. The number of aryl methyl sites for hydroxylation is 1. The van der Waals surface area contributed by atoms with Gasteiger partial charge in [0.15, 0.2) is 0 Å². The van der Waals surface area contributed by atoms with Crippen LogP contribution in [-0.4, -0.2) is 51.9 Å². The van der Waals surface area contributed by atoms with E-state index in [0.717, 1.165) is 57.1 Å². The van der Waals surface area contributed by atoms with Gasteiger partial charge >= 0.3 is 6.09 Å². The van der Waals surface area contributed by atoms with Crippen LogP contribution in [0.2, 0.25) is 5.02 Å². The van der Waals surface area contributed by atoms with Crippen LogP contribution in [0, 0.1) is 0 Å². The van der Waals surface area contributed by atoms with Gasteiger partial charge in [-0.3, -0.25) is 4.98 Å². The number of rotatable bonds is 3. The van der Waals surface area contributed by atoms with Crippen molar-refractivity contribution in [2.75, 3.05) is 18.0 Å². The molecule has 2 aliphatic rings. The summed E-state index contributed by atoms with van der Waals surface area (Å²) in [6.07, 6.45) is 4.49. The quantitative estimate of drug-likeness (QED) is 0.447. The van der Waals surface area contributed by atoms with Crippen LogP contribution in [0.5, 0.6) is 0 Å². The van der Waals surface area contributed by atoms with Crippen molar-refractivity contribution in [3.05, 3.63) is 45.9 Å². The molecule has 3 aromatic rings. The summed E-state index contributed by atoms with van der Waals surface area (Å²) in [7, 11) is 0. The highest BCUT2D eigenvalue weighted by Gasteiger charge is 2.39. The van der Waals surface area contributed by atoms with Gasteiger partial charge in [-0.15, -0.1) is 11.3 Å². The Morgan fingerprint density at radius 1 is 1.29 bits per heavy atom. The number of aromatic nitrogens is 1. The van der Waals surface area contributed by atoms with Gasteiger partial charge < -0.3 is 19.6 Å². The molecule has 1 N–H and O–H groups in total. The number of benzene rings is 1. The number of aliphatic hydroxyl groups is 1. The van der Waals surface area contributed by atoms with Crippen LogP contribution in [0.4, 0.5) is 10.5 Å². The SMILES string of the molecule is C[C@H]1C[C@@H](N2CCCc3cc(Cl)cc(-c4ccnc5cc(CO)sc45)c32)CN1C(=O)OC(C)(C)C. The summed E-state index contributed by atoms with van der Waals surface area (Å²) in [5, 5.41) is 10.4. The highest BCUT2D eigenvalue weighted by atomic mass is 35.5. The molecule has 35 heavy (non-hydrogen) atoms. The first-order valence-electron chi connectivity index (χ1n) is 12.2. The number of ether oxygens (including phenoxy) is 1. The van der Waals surface area contributed by atoms with E-state index in [4.69, 9.17) is 16.3 Å². The Labute approximate surface area is 215 Å². The number of amides is 1. The van der Waals surface area contributed by atoms with E-state index in [1.165, 1.54) is 11.3 Å². The number of carbonyl (C=O) groups excluding carboxylic acids is 1. The Bertz CT molecular complexity index is 1270. The molecule has 5 rings (SSSR count). The van der Waals surface area contributed by atoms with E-state index in [-0.39, 0.29) is 24.8 Å². The van der Waals surface area contributed by atoms with Crippen molar-refractivity contribution in [3.8, 4) is 11.1 Å². The van der Waals surface area contributed by atoms with E-state index in [1.807, 2.05) is 44.0 Å². The molecule has 1 aromatic carbocycles. The molecule has 1 fully saturated rings. The first kappa shape index (κ1) is 24.3. The topological polar surface area (TPSA) is 65.9 Å². The number of hydrogen-bond donors (Lipinski definition) is 1. The predicted octanol–water partition coefficient (Wildman–Crippen LogP) is 6.26. The lowest BCUT2D eigenvalue weighted by Crippen LogP contribution is -2.43. The maximum absolute atomic E-state index is 12.9. The van der Waals surface area contributed by atoms with Crippen molar-refractivity contribution in [2.45, 2.75) is 71.2 Å². The summed E-state index contributed by atoms with van der Waals surface area (Å²) >= 11 is 8.21. The molecule has 0 spiro atoms. The van der Waals surface area contributed by atoms with Crippen LogP contribution in [0.15, 0.2) is 30.5 Å². The summed E-state index contributed by atoms with van der Waals surface area (Å²) in [5.41, 5.74) is 4.99. The number of carbonyl (C=O) groups is 1. The summed E-state index contributed by atoms with van der Waals surface area (Å²) < 4.78 is 6.75. The van der Waals surface area contributed by atoms with E-state index in [9.17, 15) is 9.90 Å². The van der Waals surface area contributed by atoms with Gasteiger partial charge in [0.1, 0.15) is 5.60 Å². The molecular formula is C27H32ClN3O3S. The van der Waals surface area contributed by atoms with E-state index >= 15 is 0 Å². The molecule has 8 heteroatoms. The van der Waals surface area contributed by atoms with Gasteiger partial charge in [-0.05, 0) is 76.8 Å². The monoisotopic (exact) mass is 513 g/mol. The Balaban J connectivity index is 1.55. The maximum atomic E-state index is 12.9. The lowest BCUT2D eigenvalue weighted by molar-refractivity contribution is 0.0237. The van der Waals surface area contributed by atoms with E-state index in [2.05, 4.69) is 28.9 Å². The number of hydrogen-bond acceptors (Lipinski definition) is 6. The second-order valence-electron chi connectivity index (χ2n) is 10.6. The lowest BCUT2D eigenvalue weighted by atomic mass is 9.92. The van der Waals surface area contributed by atoms with Gasteiger partial charge in [0.05, 0.1) is 16.8 Å². The van der Waals surface area contributed by atoms with Gasteiger partial charge in [-0.25, -0.2) is 4.79 Å². The maximum Gasteiger partial charge on any atom is 0.410 e. The van der Waals surface area contributed by atoms with Gasteiger partial charge in [0.2, 0.25) is 0 Å². The number of aliphatic hydroxyl groups excluding tert-OH is 1. The van der Waals surface area contributed by atoms with Gasteiger partial charge in [-0.1, -0.05) is 11.6 Å². The zero-order chi connectivity index (χ0) is 24.9. The first-order valence-corrected chi connectivity index (χ1v) is 13.4. The summed E-state index contributed by atoms with van der Waals surface area (Å²) in [4.78, 5) is 22.7.